The van der Waals surface area contributed by atoms with Crippen LogP contribution in [0.3, 0.4) is 0 Å². The van der Waals surface area contributed by atoms with Gasteiger partial charge in [0.15, 0.2) is 0 Å². The summed E-state index contributed by atoms with van der Waals surface area (Å²) in [5.74, 6) is 2.59. The average Bonchev–Trinajstić information content (AvgIpc) is 3.39. The largest absolute Gasteiger partial charge is 0.492 e. The number of carbonyl (C=O) groups excluding carboxylic acids is 1. The minimum Gasteiger partial charge on any atom is -0.492 e. The minimum absolute atomic E-state index is 0.0174. The highest BCUT2D eigenvalue weighted by atomic mass is 16.5. The third kappa shape index (κ3) is 3.96. The Bertz CT molecular complexity index is 1060. The van der Waals surface area contributed by atoms with E-state index in [9.17, 15) is 4.79 Å². The summed E-state index contributed by atoms with van der Waals surface area (Å²) in [6.45, 7) is 6.61. The quantitative estimate of drug-likeness (QED) is 0.653. The van der Waals surface area contributed by atoms with Gasteiger partial charge in [0.25, 0.3) is 0 Å². The molecule has 34 heavy (non-hydrogen) atoms. The predicted molar refractivity (Wildman–Crippen MR) is 131 cm³/mol. The number of benzene rings is 1. The number of nitrogens with one attached hydrogen (secondary N) is 2. The number of carbonyl (C=O) groups is 1. The summed E-state index contributed by atoms with van der Waals surface area (Å²) < 4.78 is 5.89. The summed E-state index contributed by atoms with van der Waals surface area (Å²) in [5.41, 5.74) is 1.89. The molecule has 0 radical (unpaired) electrons. The van der Waals surface area contributed by atoms with Crippen LogP contribution in [-0.2, 0) is 6.54 Å². The van der Waals surface area contributed by atoms with Gasteiger partial charge in [-0.25, -0.2) is 9.78 Å². The number of anilines is 3. The monoisotopic (exact) mass is 463 g/mol. The standard InChI is InChI=1S/C25H33N7O2/c1-30-22-18(17-32(24(30)33)25-8-9-26-16-19(25)14-25)15-27-23(29-22)28-20-4-6-21(7-5-20)34-13-12-31-10-2-3-11-31/h4-7,15,19,26H,2-3,8-14,16-17H2,1H3,(H,27,28,29). The summed E-state index contributed by atoms with van der Waals surface area (Å²) in [6.07, 6.45) is 6.56. The van der Waals surface area contributed by atoms with Crippen molar-refractivity contribution in [1.82, 2.24) is 25.1 Å². The van der Waals surface area contributed by atoms with Crippen LogP contribution in [0.1, 0.15) is 31.2 Å². The first-order chi connectivity index (χ1) is 16.6. The molecular formula is C25H33N7O2. The molecule has 1 aromatic carbocycles. The first-order valence-electron chi connectivity index (χ1n) is 12.5. The van der Waals surface area contributed by atoms with Gasteiger partial charge in [0, 0.05) is 37.6 Å². The lowest BCUT2D eigenvalue weighted by Gasteiger charge is -2.41. The van der Waals surface area contributed by atoms with E-state index in [0.29, 0.717) is 30.8 Å². The summed E-state index contributed by atoms with van der Waals surface area (Å²) in [5, 5.41) is 6.71. The van der Waals surface area contributed by atoms with E-state index in [1.807, 2.05) is 37.5 Å². The van der Waals surface area contributed by atoms with Crippen molar-refractivity contribution in [3.63, 3.8) is 0 Å². The maximum Gasteiger partial charge on any atom is 0.326 e. The molecule has 6 rings (SSSR count). The van der Waals surface area contributed by atoms with Crippen LogP contribution in [0, 0.1) is 5.92 Å². The number of fused-ring (bicyclic) bond motifs is 2. The Morgan fingerprint density at radius 2 is 2.06 bits per heavy atom. The predicted octanol–water partition coefficient (Wildman–Crippen LogP) is 2.82. The molecule has 0 spiro atoms. The van der Waals surface area contributed by atoms with Crippen molar-refractivity contribution in [2.45, 2.75) is 37.8 Å². The van der Waals surface area contributed by atoms with E-state index in [-0.39, 0.29) is 11.6 Å². The number of amides is 2. The van der Waals surface area contributed by atoms with Gasteiger partial charge in [0.05, 0.1) is 12.1 Å². The molecule has 1 aliphatic carbocycles. The topological polar surface area (TPSA) is 85.9 Å². The van der Waals surface area contributed by atoms with Gasteiger partial charge >= 0.3 is 6.03 Å². The number of nitrogens with zero attached hydrogens (tertiary/aromatic N) is 5. The van der Waals surface area contributed by atoms with Crippen LogP contribution < -0.4 is 20.3 Å². The Morgan fingerprint density at radius 3 is 2.85 bits per heavy atom. The summed E-state index contributed by atoms with van der Waals surface area (Å²) in [4.78, 5) is 28.6. The molecule has 2 aromatic rings. The number of rotatable bonds is 7. The zero-order valence-electron chi connectivity index (χ0n) is 19.8. The number of hydrogen-bond acceptors (Lipinski definition) is 7. The Kier molecular flexibility index (Phi) is 5.53. The highest BCUT2D eigenvalue weighted by molar-refractivity contribution is 5.94. The van der Waals surface area contributed by atoms with Gasteiger partial charge in [0.2, 0.25) is 5.95 Å². The van der Waals surface area contributed by atoms with E-state index in [2.05, 4.69) is 30.4 Å². The Balaban J connectivity index is 1.10. The molecule has 2 atom stereocenters. The number of urea groups is 1. The van der Waals surface area contributed by atoms with Crippen molar-refractivity contribution in [3.8, 4) is 5.75 Å². The SMILES string of the molecule is CN1C(=O)N(C23CCNCC2C3)Cc2cnc(Nc3ccc(OCCN4CCCC4)cc3)nc21. The molecule has 2 saturated heterocycles. The number of hydrogen-bond donors (Lipinski definition) is 2. The highest BCUT2D eigenvalue weighted by Gasteiger charge is 2.61. The molecule has 2 N–H and O–H groups in total. The first kappa shape index (κ1) is 21.6. The molecular weight excluding hydrogens is 430 g/mol. The summed E-state index contributed by atoms with van der Waals surface area (Å²) in [7, 11) is 1.81. The average molecular weight is 464 g/mol. The van der Waals surface area contributed by atoms with E-state index >= 15 is 0 Å². The molecule has 2 unspecified atom stereocenters. The lowest BCUT2D eigenvalue weighted by Crippen LogP contribution is -2.54. The first-order valence-corrected chi connectivity index (χ1v) is 12.5. The van der Waals surface area contributed by atoms with Gasteiger partial charge in [0.1, 0.15) is 18.2 Å². The molecule has 180 valence electrons. The molecule has 4 heterocycles. The number of aromatic nitrogens is 2. The van der Waals surface area contributed by atoms with E-state index in [1.54, 1.807) is 4.90 Å². The molecule has 4 aliphatic rings. The third-order valence-corrected chi connectivity index (χ3v) is 7.85. The van der Waals surface area contributed by atoms with Crippen LogP contribution in [0.25, 0.3) is 0 Å². The molecule has 1 saturated carbocycles. The fourth-order valence-corrected chi connectivity index (χ4v) is 5.76. The van der Waals surface area contributed by atoms with Crippen LogP contribution in [0.2, 0.25) is 0 Å². The zero-order valence-corrected chi connectivity index (χ0v) is 19.8. The second kappa shape index (κ2) is 8.70. The number of likely N-dealkylation sites (tertiary alicyclic amines) is 1. The Morgan fingerprint density at radius 1 is 1.24 bits per heavy atom. The highest BCUT2D eigenvalue weighted by Crippen LogP contribution is 2.54. The van der Waals surface area contributed by atoms with Gasteiger partial charge < -0.3 is 20.3 Å². The van der Waals surface area contributed by atoms with Crippen LogP contribution in [0.4, 0.5) is 22.2 Å². The van der Waals surface area contributed by atoms with Crippen LogP contribution in [0.5, 0.6) is 5.75 Å². The molecule has 0 bridgehead atoms. The number of piperidine rings is 1. The molecule has 2 amide bonds. The van der Waals surface area contributed by atoms with Crippen molar-refractivity contribution in [2.75, 3.05) is 56.6 Å². The number of ether oxygens (including phenoxy) is 1. The molecule has 9 heteroatoms. The Labute approximate surface area is 200 Å². The van der Waals surface area contributed by atoms with Gasteiger partial charge in [-0.3, -0.25) is 9.80 Å². The van der Waals surface area contributed by atoms with Gasteiger partial charge in [-0.05, 0) is 75.5 Å². The minimum atomic E-state index is 0.0174. The van der Waals surface area contributed by atoms with Crippen molar-refractivity contribution in [2.24, 2.45) is 5.92 Å². The lowest BCUT2D eigenvalue weighted by atomic mass is 10.0. The van der Waals surface area contributed by atoms with E-state index in [1.165, 1.54) is 25.9 Å². The van der Waals surface area contributed by atoms with Crippen molar-refractivity contribution >= 4 is 23.5 Å². The smallest absolute Gasteiger partial charge is 0.326 e. The summed E-state index contributed by atoms with van der Waals surface area (Å²) in [6, 6.07) is 7.89. The molecule has 1 aromatic heterocycles. The van der Waals surface area contributed by atoms with Crippen molar-refractivity contribution in [1.29, 1.82) is 0 Å². The van der Waals surface area contributed by atoms with E-state index in [4.69, 9.17) is 4.74 Å². The van der Waals surface area contributed by atoms with Crippen molar-refractivity contribution < 1.29 is 9.53 Å². The van der Waals surface area contributed by atoms with Crippen LogP contribution in [0.15, 0.2) is 30.5 Å². The van der Waals surface area contributed by atoms with Gasteiger partial charge in [-0.2, -0.15) is 4.98 Å². The second-order valence-electron chi connectivity index (χ2n) is 9.98. The fourth-order valence-electron chi connectivity index (χ4n) is 5.76. The molecule has 9 nitrogen and oxygen atoms in total. The maximum absolute atomic E-state index is 13.2. The molecule has 3 fully saturated rings. The molecule has 3 aliphatic heterocycles. The maximum atomic E-state index is 13.2. The van der Waals surface area contributed by atoms with Crippen LogP contribution in [-0.4, -0.2) is 77.7 Å². The van der Waals surface area contributed by atoms with E-state index < -0.39 is 0 Å². The fraction of sp³-hybridized carbons (Fsp3) is 0.560. The van der Waals surface area contributed by atoms with Gasteiger partial charge in [-0.1, -0.05) is 0 Å². The zero-order chi connectivity index (χ0) is 23.1. The summed E-state index contributed by atoms with van der Waals surface area (Å²) >= 11 is 0. The Hall–Kier alpha value is -2.91. The third-order valence-electron chi connectivity index (χ3n) is 7.85. The van der Waals surface area contributed by atoms with E-state index in [0.717, 1.165) is 49.5 Å². The van der Waals surface area contributed by atoms with Crippen molar-refractivity contribution in [3.05, 3.63) is 36.0 Å². The van der Waals surface area contributed by atoms with Gasteiger partial charge in [-0.15, -0.1) is 0 Å². The lowest BCUT2D eigenvalue weighted by molar-refractivity contribution is 0.143. The normalized spacial score (nSPS) is 26.3. The second-order valence-corrected chi connectivity index (χ2v) is 9.98. The van der Waals surface area contributed by atoms with Crippen LogP contribution >= 0.6 is 0 Å².